The van der Waals surface area contributed by atoms with Crippen LogP contribution < -0.4 is 0 Å². The van der Waals surface area contributed by atoms with Crippen molar-refractivity contribution in [2.75, 3.05) is 0 Å². The van der Waals surface area contributed by atoms with Crippen LogP contribution >= 0.6 is 47.2 Å². The molecule has 0 fully saturated rings. The maximum absolute atomic E-state index is 6.74. The summed E-state index contributed by atoms with van der Waals surface area (Å²) in [4.78, 5) is 4.10. The fourth-order valence-electron chi connectivity index (χ4n) is 2.45. The third-order valence-corrected chi connectivity index (χ3v) is 6.21. The number of imidazole rings is 1. The van der Waals surface area contributed by atoms with Crippen LogP contribution in [0.25, 0.3) is 0 Å². The topological polar surface area (TPSA) is 17.8 Å². The van der Waals surface area contributed by atoms with Crippen molar-refractivity contribution in [2.45, 2.75) is 17.2 Å². The highest BCUT2D eigenvalue weighted by molar-refractivity contribution is 8.23. The summed E-state index contributed by atoms with van der Waals surface area (Å²) in [5, 5.41) is 0.664. The zero-order valence-corrected chi connectivity index (χ0v) is 16.4. The number of hydrogen-bond donors (Lipinski definition) is 0. The molecule has 0 N–H and O–H groups in total. The van der Waals surface area contributed by atoms with Crippen LogP contribution in [0, 0.1) is 0 Å². The van der Waals surface area contributed by atoms with E-state index in [9.17, 15) is 0 Å². The quantitative estimate of drug-likeness (QED) is 0.352. The van der Waals surface area contributed by atoms with E-state index in [4.69, 9.17) is 35.4 Å². The first kappa shape index (κ1) is 18.5. The average molecular weight is 407 g/mol. The summed E-state index contributed by atoms with van der Waals surface area (Å²) in [5.41, 5.74) is 1.98. The highest BCUT2D eigenvalue weighted by Gasteiger charge is 2.25. The molecule has 0 radical (unpaired) electrons. The van der Waals surface area contributed by atoms with Crippen LogP contribution in [0.2, 0.25) is 5.02 Å². The van der Waals surface area contributed by atoms with E-state index in [0.717, 1.165) is 16.2 Å². The minimum atomic E-state index is -0.303. The zero-order chi connectivity index (χ0) is 17.6. The lowest BCUT2D eigenvalue weighted by molar-refractivity contribution is 0.653. The van der Waals surface area contributed by atoms with Crippen LogP contribution in [0.1, 0.15) is 21.9 Å². The summed E-state index contributed by atoms with van der Waals surface area (Å²) >= 11 is 20.0. The Morgan fingerprint density at radius 3 is 2.48 bits per heavy atom. The number of aromatic nitrogens is 2. The number of alkyl halides is 1. The molecule has 0 amide bonds. The third-order valence-electron chi connectivity index (χ3n) is 3.71. The minimum Gasteiger partial charge on any atom is -0.319 e. The number of benzene rings is 2. The first-order valence-electron chi connectivity index (χ1n) is 7.74. The molecule has 0 aliphatic rings. The van der Waals surface area contributed by atoms with E-state index in [-0.39, 0.29) is 10.8 Å². The lowest BCUT2D eigenvalue weighted by Gasteiger charge is -2.23. The van der Waals surface area contributed by atoms with Gasteiger partial charge in [-0.3, -0.25) is 0 Å². The number of thiocarbonyl (C=S) groups is 1. The van der Waals surface area contributed by atoms with Crippen molar-refractivity contribution in [1.82, 2.24) is 9.55 Å². The van der Waals surface area contributed by atoms with Gasteiger partial charge in [-0.15, -0.1) is 11.8 Å². The number of halogens is 2. The van der Waals surface area contributed by atoms with Gasteiger partial charge in [0.1, 0.15) is 5.50 Å². The van der Waals surface area contributed by atoms with Crippen molar-refractivity contribution in [2.24, 2.45) is 0 Å². The van der Waals surface area contributed by atoms with Gasteiger partial charge in [-0.2, -0.15) is 0 Å². The van der Waals surface area contributed by atoms with Crippen LogP contribution in [0.4, 0.5) is 0 Å². The Kier molecular flexibility index (Phi) is 6.54. The van der Waals surface area contributed by atoms with E-state index in [1.807, 2.05) is 53.2 Å². The molecular weight excluding hydrogens is 391 g/mol. The Balaban J connectivity index is 1.80. The molecule has 0 aliphatic heterocycles. The van der Waals surface area contributed by atoms with Crippen LogP contribution in [0.15, 0.2) is 73.3 Å². The summed E-state index contributed by atoms with van der Waals surface area (Å²) in [7, 11) is 0. The number of nitrogens with zero attached hydrogens (tertiary/aromatic N) is 2. The predicted octanol–water partition coefficient (Wildman–Crippen LogP) is 6.32. The minimum absolute atomic E-state index is 0.0376. The Hall–Kier alpha value is -1.33. The van der Waals surface area contributed by atoms with Crippen LogP contribution in [-0.2, 0) is 6.42 Å². The molecule has 0 spiro atoms. The molecule has 128 valence electrons. The van der Waals surface area contributed by atoms with E-state index < -0.39 is 0 Å². The van der Waals surface area contributed by atoms with E-state index >= 15 is 0 Å². The summed E-state index contributed by atoms with van der Waals surface area (Å²) in [6.45, 7) is 0. The average Bonchev–Trinajstić information content (AvgIpc) is 3.15. The van der Waals surface area contributed by atoms with Crippen LogP contribution in [-0.4, -0.2) is 13.7 Å². The Morgan fingerprint density at radius 1 is 1.12 bits per heavy atom. The normalized spacial score (nSPS) is 13.4. The molecular formula is C19H16Cl2N2S2. The molecule has 1 aromatic heterocycles. The summed E-state index contributed by atoms with van der Waals surface area (Å²) in [6, 6.07) is 18.0. The smallest absolute Gasteiger partial charge is 0.125 e. The summed E-state index contributed by atoms with van der Waals surface area (Å²) < 4.78 is 2.79. The van der Waals surface area contributed by atoms with Crippen molar-refractivity contribution >= 4 is 51.4 Å². The summed E-state index contributed by atoms with van der Waals surface area (Å²) in [5.74, 6) is 0. The molecule has 3 rings (SSSR count). The standard InChI is InChI=1S/C19H16Cl2N2S2/c20-16-8-6-15(7-9-16)18(19(21)23-11-10-22-13-23)25-17(24)12-14-4-2-1-3-5-14/h1-11,13,18-19H,12H2. The molecule has 25 heavy (non-hydrogen) atoms. The zero-order valence-electron chi connectivity index (χ0n) is 13.3. The number of hydrogen-bond acceptors (Lipinski definition) is 3. The molecule has 0 saturated heterocycles. The Morgan fingerprint density at radius 2 is 1.84 bits per heavy atom. The fourth-order valence-corrected chi connectivity index (χ4v) is 4.55. The van der Waals surface area contributed by atoms with E-state index in [1.54, 1.807) is 24.3 Å². The van der Waals surface area contributed by atoms with Crippen molar-refractivity contribution in [1.29, 1.82) is 0 Å². The van der Waals surface area contributed by atoms with Gasteiger partial charge in [0.15, 0.2) is 0 Å². The van der Waals surface area contributed by atoms with E-state index in [1.165, 1.54) is 5.56 Å². The lowest BCUT2D eigenvalue weighted by Crippen LogP contribution is -2.11. The van der Waals surface area contributed by atoms with Gasteiger partial charge in [0, 0.05) is 23.8 Å². The predicted molar refractivity (Wildman–Crippen MR) is 112 cm³/mol. The molecule has 0 saturated carbocycles. The van der Waals surface area contributed by atoms with Crippen molar-refractivity contribution in [3.63, 3.8) is 0 Å². The molecule has 3 aromatic rings. The van der Waals surface area contributed by atoms with Gasteiger partial charge in [-0.25, -0.2) is 4.98 Å². The molecule has 2 nitrogen and oxygen atoms in total. The highest BCUT2D eigenvalue weighted by Crippen LogP contribution is 2.42. The van der Waals surface area contributed by atoms with Gasteiger partial charge >= 0.3 is 0 Å². The SMILES string of the molecule is S=C(Cc1ccccc1)SC(c1ccc(Cl)cc1)C(Cl)n1ccnc1. The van der Waals surface area contributed by atoms with Gasteiger partial charge in [-0.1, -0.05) is 77.9 Å². The Bertz CT molecular complexity index is 805. The summed E-state index contributed by atoms with van der Waals surface area (Å²) in [6.07, 6.45) is 6.04. The molecule has 1 heterocycles. The highest BCUT2D eigenvalue weighted by atomic mass is 35.5. The second-order valence-electron chi connectivity index (χ2n) is 5.51. The molecule has 2 atom stereocenters. The number of thioether (sulfide) groups is 1. The lowest BCUT2D eigenvalue weighted by atomic mass is 10.1. The van der Waals surface area contributed by atoms with Crippen molar-refractivity contribution in [3.8, 4) is 0 Å². The Labute approximate surface area is 167 Å². The van der Waals surface area contributed by atoms with Crippen LogP contribution in [0.5, 0.6) is 0 Å². The fraction of sp³-hybridized carbons (Fsp3) is 0.158. The molecule has 2 aromatic carbocycles. The second kappa shape index (κ2) is 8.86. The maximum Gasteiger partial charge on any atom is 0.125 e. The van der Waals surface area contributed by atoms with Crippen LogP contribution in [0.3, 0.4) is 0 Å². The first-order chi connectivity index (χ1) is 12.1. The molecule has 0 aliphatic carbocycles. The molecule has 2 unspecified atom stereocenters. The number of rotatable bonds is 6. The van der Waals surface area contributed by atoms with Gasteiger partial charge in [0.05, 0.1) is 15.8 Å². The van der Waals surface area contributed by atoms with Crippen molar-refractivity contribution < 1.29 is 0 Å². The van der Waals surface area contributed by atoms with Gasteiger partial charge in [0.25, 0.3) is 0 Å². The largest absolute Gasteiger partial charge is 0.319 e. The van der Waals surface area contributed by atoms with E-state index in [0.29, 0.717) is 5.02 Å². The first-order valence-corrected chi connectivity index (χ1v) is 9.84. The van der Waals surface area contributed by atoms with Crippen molar-refractivity contribution in [3.05, 3.63) is 89.5 Å². The molecule has 0 bridgehead atoms. The monoisotopic (exact) mass is 406 g/mol. The maximum atomic E-state index is 6.74. The van der Waals surface area contributed by atoms with Gasteiger partial charge in [-0.05, 0) is 23.3 Å². The van der Waals surface area contributed by atoms with Gasteiger partial charge < -0.3 is 4.57 Å². The van der Waals surface area contributed by atoms with E-state index in [2.05, 4.69) is 17.1 Å². The van der Waals surface area contributed by atoms with Gasteiger partial charge in [0.2, 0.25) is 0 Å². The second-order valence-corrected chi connectivity index (χ2v) is 8.38. The molecule has 6 heteroatoms. The third kappa shape index (κ3) is 5.08.